The first-order valence-corrected chi connectivity index (χ1v) is 7.84. The van der Waals surface area contributed by atoms with Crippen LogP contribution in [0.1, 0.15) is 21.1 Å². The lowest BCUT2D eigenvalue weighted by atomic mass is 10.2. The van der Waals surface area contributed by atoms with Gasteiger partial charge in [-0.2, -0.15) is 0 Å². The highest BCUT2D eigenvalue weighted by molar-refractivity contribution is 7.09. The van der Waals surface area contributed by atoms with E-state index in [9.17, 15) is 4.79 Å². The quantitative estimate of drug-likeness (QED) is 0.906. The van der Waals surface area contributed by atoms with Crippen LogP contribution >= 0.6 is 11.3 Å². The number of benzene rings is 1. The zero-order valence-corrected chi connectivity index (χ0v) is 13.1. The number of hydrogen-bond acceptors (Lipinski definition) is 6. The van der Waals surface area contributed by atoms with Crippen molar-refractivity contribution in [3.05, 3.63) is 39.8 Å². The minimum absolute atomic E-state index is 0.0998. The molecule has 0 unspecified atom stereocenters. The van der Waals surface area contributed by atoms with E-state index in [1.165, 1.54) is 11.3 Å². The summed E-state index contributed by atoms with van der Waals surface area (Å²) in [5, 5.41) is 2.67. The van der Waals surface area contributed by atoms with Crippen molar-refractivity contribution in [3.8, 4) is 11.5 Å². The molecule has 0 radical (unpaired) electrons. The zero-order valence-electron chi connectivity index (χ0n) is 12.2. The molecule has 0 bridgehead atoms. The van der Waals surface area contributed by atoms with Gasteiger partial charge in [0.25, 0.3) is 5.91 Å². The third kappa shape index (κ3) is 3.05. The molecule has 2 aromatic rings. The second kappa shape index (κ2) is 6.33. The molecule has 22 heavy (non-hydrogen) atoms. The van der Waals surface area contributed by atoms with Crippen molar-refractivity contribution >= 4 is 17.2 Å². The number of rotatable bonds is 5. The molecule has 1 aromatic carbocycles. The molecule has 0 saturated carbocycles. The average Bonchev–Trinajstić information content (AvgIpc) is 3.15. The molecule has 0 aliphatic carbocycles. The maximum atomic E-state index is 12.4. The van der Waals surface area contributed by atoms with E-state index in [1.807, 2.05) is 18.2 Å². The van der Waals surface area contributed by atoms with Gasteiger partial charge in [0.15, 0.2) is 11.5 Å². The Balaban J connectivity index is 1.67. The van der Waals surface area contributed by atoms with Crippen LogP contribution < -0.4 is 15.2 Å². The largest absolute Gasteiger partial charge is 0.454 e. The number of carbonyl (C=O) groups is 1. The highest BCUT2D eigenvalue weighted by Gasteiger charge is 2.18. The molecule has 2 N–H and O–H groups in total. The topological polar surface area (TPSA) is 77.7 Å². The Morgan fingerprint density at radius 1 is 1.41 bits per heavy atom. The molecule has 1 amide bonds. The molecule has 1 aromatic heterocycles. The Morgan fingerprint density at radius 3 is 3.05 bits per heavy atom. The average molecular weight is 319 g/mol. The number of fused-ring (bicyclic) bond motifs is 1. The van der Waals surface area contributed by atoms with E-state index in [2.05, 4.69) is 4.98 Å². The minimum Gasteiger partial charge on any atom is -0.454 e. The van der Waals surface area contributed by atoms with Crippen molar-refractivity contribution < 1.29 is 14.3 Å². The third-order valence-corrected chi connectivity index (χ3v) is 4.24. The summed E-state index contributed by atoms with van der Waals surface area (Å²) in [6, 6.07) is 5.68. The van der Waals surface area contributed by atoms with Gasteiger partial charge in [0.1, 0.15) is 5.69 Å². The van der Waals surface area contributed by atoms with Crippen molar-refractivity contribution in [2.75, 3.05) is 20.4 Å². The molecule has 1 aliphatic heterocycles. The molecule has 3 rings (SSSR count). The van der Waals surface area contributed by atoms with Crippen molar-refractivity contribution in [1.29, 1.82) is 0 Å². The van der Waals surface area contributed by atoms with Crippen LogP contribution in [0.15, 0.2) is 23.6 Å². The van der Waals surface area contributed by atoms with Gasteiger partial charge in [0, 0.05) is 25.4 Å². The van der Waals surface area contributed by atoms with Gasteiger partial charge in [-0.3, -0.25) is 4.79 Å². The fourth-order valence-corrected chi connectivity index (χ4v) is 3.02. The van der Waals surface area contributed by atoms with E-state index in [1.54, 1.807) is 17.3 Å². The first-order chi connectivity index (χ1) is 10.7. The SMILES string of the molecule is CN(Cc1ccc2c(c1)OCO2)C(=O)c1csc(CCN)n1. The normalized spacial score (nSPS) is 12.5. The Morgan fingerprint density at radius 2 is 2.23 bits per heavy atom. The fourth-order valence-electron chi connectivity index (χ4n) is 2.23. The molecule has 6 nitrogen and oxygen atoms in total. The monoisotopic (exact) mass is 319 g/mol. The van der Waals surface area contributed by atoms with E-state index >= 15 is 0 Å². The van der Waals surface area contributed by atoms with Crippen LogP contribution in [0.25, 0.3) is 0 Å². The van der Waals surface area contributed by atoms with E-state index in [4.69, 9.17) is 15.2 Å². The molecule has 0 atom stereocenters. The number of aromatic nitrogens is 1. The molecule has 116 valence electrons. The molecule has 1 aliphatic rings. The Hall–Kier alpha value is -2.12. The summed E-state index contributed by atoms with van der Waals surface area (Å²) < 4.78 is 10.6. The van der Waals surface area contributed by atoms with Crippen molar-refractivity contribution in [3.63, 3.8) is 0 Å². The van der Waals surface area contributed by atoms with E-state index in [0.717, 1.165) is 22.1 Å². The predicted octanol–water partition coefficient (Wildman–Crippen LogP) is 1.65. The number of thiazole rings is 1. The number of carbonyl (C=O) groups excluding carboxylic acids is 1. The van der Waals surface area contributed by atoms with Crippen LogP contribution in [0, 0.1) is 0 Å². The second-order valence-electron chi connectivity index (χ2n) is 5.01. The lowest BCUT2D eigenvalue weighted by Crippen LogP contribution is -2.26. The summed E-state index contributed by atoms with van der Waals surface area (Å²) in [5.74, 6) is 1.36. The molecule has 0 spiro atoms. The highest BCUT2D eigenvalue weighted by atomic mass is 32.1. The second-order valence-corrected chi connectivity index (χ2v) is 5.96. The van der Waals surface area contributed by atoms with Crippen LogP contribution in [0.4, 0.5) is 0 Å². The van der Waals surface area contributed by atoms with Gasteiger partial charge in [-0.05, 0) is 24.2 Å². The first-order valence-electron chi connectivity index (χ1n) is 6.96. The van der Waals surface area contributed by atoms with Crippen LogP contribution in [0.2, 0.25) is 0 Å². The summed E-state index contributed by atoms with van der Waals surface area (Å²) in [4.78, 5) is 18.3. The maximum absolute atomic E-state index is 12.4. The standard InChI is InChI=1S/C15H17N3O3S/c1-18(15(19)11-8-22-14(17-11)4-5-16)7-10-2-3-12-13(6-10)21-9-20-12/h2-3,6,8H,4-5,7,9,16H2,1H3. The van der Waals surface area contributed by atoms with Gasteiger partial charge < -0.3 is 20.1 Å². The van der Waals surface area contributed by atoms with Crippen molar-refractivity contribution in [2.45, 2.75) is 13.0 Å². The lowest BCUT2D eigenvalue weighted by Gasteiger charge is -2.16. The van der Waals surface area contributed by atoms with Gasteiger partial charge in [-0.15, -0.1) is 11.3 Å². The summed E-state index contributed by atoms with van der Waals surface area (Å²) in [6.45, 7) is 1.27. The Bertz CT molecular complexity index is 686. The minimum atomic E-state index is -0.0998. The van der Waals surface area contributed by atoms with Crippen LogP contribution in [0.5, 0.6) is 11.5 Å². The highest BCUT2D eigenvalue weighted by Crippen LogP contribution is 2.32. The summed E-state index contributed by atoms with van der Waals surface area (Å²) >= 11 is 1.47. The zero-order chi connectivity index (χ0) is 15.5. The molecule has 7 heteroatoms. The molecular formula is C15H17N3O3S. The molecular weight excluding hydrogens is 302 g/mol. The Labute approximate surface area is 132 Å². The van der Waals surface area contributed by atoms with Crippen LogP contribution in [-0.4, -0.2) is 36.2 Å². The van der Waals surface area contributed by atoms with E-state index in [-0.39, 0.29) is 12.7 Å². The predicted molar refractivity (Wildman–Crippen MR) is 83.2 cm³/mol. The number of ether oxygens (including phenoxy) is 2. The number of nitrogens with zero attached hydrogens (tertiary/aromatic N) is 2. The fraction of sp³-hybridized carbons (Fsp3) is 0.333. The van der Waals surface area contributed by atoms with Gasteiger partial charge in [-0.25, -0.2) is 4.98 Å². The van der Waals surface area contributed by atoms with Crippen molar-refractivity contribution in [1.82, 2.24) is 9.88 Å². The van der Waals surface area contributed by atoms with Crippen LogP contribution in [0.3, 0.4) is 0 Å². The third-order valence-electron chi connectivity index (χ3n) is 3.33. The number of amides is 1. The number of hydrogen-bond donors (Lipinski definition) is 1. The Kier molecular flexibility index (Phi) is 4.26. The van der Waals surface area contributed by atoms with Gasteiger partial charge >= 0.3 is 0 Å². The summed E-state index contributed by atoms with van der Waals surface area (Å²) in [5.41, 5.74) is 6.95. The lowest BCUT2D eigenvalue weighted by molar-refractivity contribution is 0.0779. The number of nitrogens with two attached hydrogens (primary N) is 1. The molecule has 0 saturated heterocycles. The summed E-state index contributed by atoms with van der Waals surface area (Å²) in [7, 11) is 1.76. The molecule has 2 heterocycles. The first kappa shape index (κ1) is 14.8. The van der Waals surface area contributed by atoms with Gasteiger partial charge in [-0.1, -0.05) is 6.07 Å². The van der Waals surface area contributed by atoms with E-state index in [0.29, 0.717) is 25.2 Å². The van der Waals surface area contributed by atoms with Gasteiger partial charge in [0.2, 0.25) is 6.79 Å². The molecule has 0 fully saturated rings. The van der Waals surface area contributed by atoms with E-state index < -0.39 is 0 Å². The summed E-state index contributed by atoms with van der Waals surface area (Å²) in [6.07, 6.45) is 0.698. The maximum Gasteiger partial charge on any atom is 0.273 e. The van der Waals surface area contributed by atoms with Gasteiger partial charge in [0.05, 0.1) is 5.01 Å². The van der Waals surface area contributed by atoms with Crippen molar-refractivity contribution in [2.24, 2.45) is 5.73 Å². The van der Waals surface area contributed by atoms with Crippen LogP contribution in [-0.2, 0) is 13.0 Å². The smallest absolute Gasteiger partial charge is 0.273 e.